The molecule has 0 bridgehead atoms. The molecule has 2 unspecified atom stereocenters. The molecule has 0 saturated carbocycles. The van der Waals surface area contributed by atoms with Gasteiger partial charge in [0, 0.05) is 34.2 Å². The summed E-state index contributed by atoms with van der Waals surface area (Å²) in [6, 6.07) is 11.5. The fraction of sp³-hybridized carbons (Fsp3) is 0.261. The summed E-state index contributed by atoms with van der Waals surface area (Å²) in [6.45, 7) is 2.21. The Kier molecular flexibility index (Phi) is 4.75. The Hall–Kier alpha value is -2.95. The first-order valence-corrected chi connectivity index (χ1v) is 9.34. The molecule has 3 nitrogen and oxygen atoms in total. The normalized spacial score (nSPS) is 13.9. The van der Waals surface area contributed by atoms with E-state index in [9.17, 15) is 13.6 Å². The molecular weight excluding hydrogens is 358 g/mol. The molecule has 0 saturated heterocycles. The Morgan fingerprint density at radius 2 is 1.25 bits per heavy atom. The number of carbonyl (C=O) groups excluding carboxylic acids is 1. The van der Waals surface area contributed by atoms with Gasteiger partial charge in [-0.2, -0.15) is 0 Å². The highest BCUT2D eigenvalue weighted by Crippen LogP contribution is 2.35. The van der Waals surface area contributed by atoms with E-state index in [0.717, 1.165) is 32.9 Å². The fourth-order valence-electron chi connectivity index (χ4n) is 3.97. The van der Waals surface area contributed by atoms with Gasteiger partial charge in [0.05, 0.1) is 11.8 Å². The van der Waals surface area contributed by atoms with Crippen LogP contribution in [0.2, 0.25) is 0 Å². The molecule has 28 heavy (non-hydrogen) atoms. The molecule has 4 rings (SSSR count). The van der Waals surface area contributed by atoms with E-state index < -0.39 is 31.0 Å². The molecule has 2 aromatic carbocycles. The van der Waals surface area contributed by atoms with Gasteiger partial charge in [-0.3, -0.25) is 4.79 Å². The van der Waals surface area contributed by atoms with Crippen LogP contribution in [0, 0.1) is 13.8 Å². The van der Waals surface area contributed by atoms with Crippen molar-refractivity contribution in [2.45, 2.75) is 25.7 Å². The summed E-state index contributed by atoms with van der Waals surface area (Å²) >= 11 is 0. The van der Waals surface area contributed by atoms with Crippen molar-refractivity contribution in [2.24, 2.45) is 0 Å². The summed E-state index contributed by atoms with van der Waals surface area (Å²) in [5.41, 5.74) is 4.99. The maximum Gasteiger partial charge on any atom is 0.153 e. The third-order valence-electron chi connectivity index (χ3n) is 5.48. The fourth-order valence-corrected chi connectivity index (χ4v) is 3.97. The number of aromatic amines is 2. The largest absolute Gasteiger partial charge is 0.361 e. The van der Waals surface area contributed by atoms with Crippen LogP contribution in [-0.4, -0.2) is 29.1 Å². The van der Waals surface area contributed by atoms with Crippen LogP contribution in [0.4, 0.5) is 8.78 Å². The number of benzene rings is 2. The van der Waals surface area contributed by atoms with Crippen LogP contribution in [0.15, 0.2) is 48.8 Å². The lowest BCUT2D eigenvalue weighted by atomic mass is 9.84. The van der Waals surface area contributed by atoms with Gasteiger partial charge >= 0.3 is 0 Å². The molecule has 2 N–H and O–H groups in total. The number of aryl methyl sites for hydroxylation is 2. The first kappa shape index (κ1) is 18.4. The number of H-pyrrole nitrogens is 2. The average Bonchev–Trinajstić information content (AvgIpc) is 3.27. The number of aromatic nitrogens is 2. The quantitative estimate of drug-likeness (QED) is 0.447. The number of ketones is 1. The standard InChI is InChI=1S/C23H22F2N2O/c1-13-3-5-15-19(11-26-21(15)7-13)17(9-24)23(28)18(10-25)20-12-27-22-8-14(2)4-6-16(20)22/h3-8,11-12,17-18,26-27H,9-10H2,1-2H3. The van der Waals surface area contributed by atoms with E-state index in [1.54, 1.807) is 12.4 Å². The Labute approximate surface area is 161 Å². The van der Waals surface area contributed by atoms with Crippen LogP contribution < -0.4 is 0 Å². The highest BCUT2D eigenvalue weighted by molar-refractivity contribution is 5.99. The molecular formula is C23H22F2N2O. The van der Waals surface area contributed by atoms with Gasteiger partial charge in [0.25, 0.3) is 0 Å². The average molecular weight is 380 g/mol. The van der Waals surface area contributed by atoms with E-state index >= 15 is 0 Å². The van der Waals surface area contributed by atoms with Crippen molar-refractivity contribution in [3.63, 3.8) is 0 Å². The van der Waals surface area contributed by atoms with Crippen LogP contribution in [0.1, 0.15) is 34.1 Å². The lowest BCUT2D eigenvalue weighted by molar-refractivity contribution is -0.122. The van der Waals surface area contributed by atoms with Gasteiger partial charge in [0.1, 0.15) is 13.3 Å². The molecule has 0 aliphatic heterocycles. The molecule has 0 fully saturated rings. The summed E-state index contributed by atoms with van der Waals surface area (Å²) in [7, 11) is 0. The zero-order valence-electron chi connectivity index (χ0n) is 15.9. The van der Waals surface area contributed by atoms with E-state index in [4.69, 9.17) is 0 Å². The van der Waals surface area contributed by atoms with E-state index in [0.29, 0.717) is 11.1 Å². The third-order valence-corrected chi connectivity index (χ3v) is 5.48. The topological polar surface area (TPSA) is 48.6 Å². The number of rotatable bonds is 6. The summed E-state index contributed by atoms with van der Waals surface area (Å²) < 4.78 is 28.0. The maximum atomic E-state index is 14.0. The molecule has 144 valence electrons. The number of Topliss-reactive ketones (excluding diaryl/α,β-unsaturated/α-hetero) is 1. The molecule has 2 atom stereocenters. The Balaban J connectivity index is 1.75. The van der Waals surface area contributed by atoms with Crippen molar-refractivity contribution in [1.29, 1.82) is 0 Å². The predicted molar refractivity (Wildman–Crippen MR) is 109 cm³/mol. The molecule has 2 heterocycles. The molecule has 0 aliphatic rings. The van der Waals surface area contributed by atoms with E-state index in [2.05, 4.69) is 9.97 Å². The predicted octanol–water partition coefficient (Wildman–Crippen LogP) is 5.64. The van der Waals surface area contributed by atoms with Crippen molar-refractivity contribution < 1.29 is 13.6 Å². The number of halogens is 2. The number of hydrogen-bond acceptors (Lipinski definition) is 1. The van der Waals surface area contributed by atoms with Gasteiger partial charge in [-0.05, 0) is 48.2 Å². The number of alkyl halides is 2. The first-order valence-electron chi connectivity index (χ1n) is 9.34. The summed E-state index contributed by atoms with van der Waals surface area (Å²) in [5, 5.41) is 1.60. The smallest absolute Gasteiger partial charge is 0.153 e. The van der Waals surface area contributed by atoms with Gasteiger partial charge in [-0.1, -0.05) is 24.3 Å². The number of carbonyl (C=O) groups is 1. The molecule has 0 radical (unpaired) electrons. The highest BCUT2D eigenvalue weighted by atomic mass is 19.1. The lowest BCUT2D eigenvalue weighted by Gasteiger charge is -2.18. The third kappa shape index (κ3) is 3.01. The van der Waals surface area contributed by atoms with Crippen LogP contribution in [0.5, 0.6) is 0 Å². The zero-order chi connectivity index (χ0) is 19.8. The second-order valence-electron chi connectivity index (χ2n) is 7.40. The minimum atomic E-state index is -1.01. The van der Waals surface area contributed by atoms with Crippen molar-refractivity contribution in [2.75, 3.05) is 13.3 Å². The number of fused-ring (bicyclic) bond motifs is 2. The van der Waals surface area contributed by atoms with E-state index in [1.807, 2.05) is 50.2 Å². The number of hydrogen-bond donors (Lipinski definition) is 2. The van der Waals surface area contributed by atoms with Gasteiger partial charge in [0.2, 0.25) is 0 Å². The van der Waals surface area contributed by atoms with Gasteiger partial charge in [0.15, 0.2) is 5.78 Å². The SMILES string of the molecule is Cc1ccc2c(C(CF)C(=O)C(CF)c3c[nH]c4cc(C)ccc34)c[nH]c2c1. The summed E-state index contributed by atoms with van der Waals surface area (Å²) in [5.74, 6) is -2.45. The van der Waals surface area contributed by atoms with Crippen LogP contribution in [0.25, 0.3) is 21.8 Å². The molecule has 4 aromatic rings. The zero-order valence-corrected chi connectivity index (χ0v) is 15.9. The minimum Gasteiger partial charge on any atom is -0.361 e. The van der Waals surface area contributed by atoms with Gasteiger partial charge in [-0.25, -0.2) is 8.78 Å². The van der Waals surface area contributed by atoms with E-state index in [-0.39, 0.29) is 0 Å². The molecule has 2 aromatic heterocycles. The van der Waals surface area contributed by atoms with Gasteiger partial charge < -0.3 is 9.97 Å². The van der Waals surface area contributed by atoms with Crippen molar-refractivity contribution in [1.82, 2.24) is 9.97 Å². The minimum absolute atomic E-state index is 0.437. The second-order valence-corrected chi connectivity index (χ2v) is 7.40. The van der Waals surface area contributed by atoms with Crippen LogP contribution in [-0.2, 0) is 4.79 Å². The van der Waals surface area contributed by atoms with Crippen LogP contribution in [0.3, 0.4) is 0 Å². The van der Waals surface area contributed by atoms with Crippen LogP contribution >= 0.6 is 0 Å². The van der Waals surface area contributed by atoms with Crippen molar-refractivity contribution in [3.05, 3.63) is 71.0 Å². The highest BCUT2D eigenvalue weighted by Gasteiger charge is 2.32. The second kappa shape index (κ2) is 7.23. The Morgan fingerprint density at radius 1 is 0.821 bits per heavy atom. The van der Waals surface area contributed by atoms with Crippen molar-refractivity contribution >= 4 is 27.6 Å². The lowest BCUT2D eigenvalue weighted by Crippen LogP contribution is -2.23. The number of nitrogens with one attached hydrogen (secondary N) is 2. The van der Waals surface area contributed by atoms with E-state index in [1.165, 1.54) is 0 Å². The Morgan fingerprint density at radius 3 is 1.64 bits per heavy atom. The first-order chi connectivity index (χ1) is 13.5. The summed E-state index contributed by atoms with van der Waals surface area (Å²) in [6.07, 6.45) is 3.33. The molecule has 0 spiro atoms. The molecule has 5 heteroatoms. The Bertz CT molecular complexity index is 1070. The summed E-state index contributed by atoms with van der Waals surface area (Å²) in [4.78, 5) is 19.4. The monoisotopic (exact) mass is 380 g/mol. The maximum absolute atomic E-state index is 14.0. The van der Waals surface area contributed by atoms with Crippen molar-refractivity contribution in [3.8, 4) is 0 Å². The molecule has 0 aliphatic carbocycles. The molecule has 0 amide bonds. The van der Waals surface area contributed by atoms with Gasteiger partial charge in [-0.15, -0.1) is 0 Å².